The molecule has 1 aliphatic heterocycles. The second-order valence-electron chi connectivity index (χ2n) is 15.2. The third-order valence-electron chi connectivity index (χ3n) is 12.3. The van der Waals surface area contributed by atoms with E-state index in [9.17, 15) is 4.79 Å². The van der Waals surface area contributed by atoms with E-state index in [1.807, 2.05) is 41.3 Å². The first-order valence-electron chi connectivity index (χ1n) is 17.1. The van der Waals surface area contributed by atoms with Crippen molar-refractivity contribution in [3.8, 4) is 11.5 Å². The number of amides is 1. The molecule has 5 nitrogen and oxygen atoms in total. The van der Waals surface area contributed by atoms with Gasteiger partial charge in [-0.1, -0.05) is 81.7 Å². The zero-order valence-corrected chi connectivity index (χ0v) is 28.9. The van der Waals surface area contributed by atoms with Crippen molar-refractivity contribution in [2.24, 2.45) is 52.3 Å². The summed E-state index contributed by atoms with van der Waals surface area (Å²) < 4.78 is 10.8. The summed E-state index contributed by atoms with van der Waals surface area (Å²) in [5.41, 5.74) is 5.22. The van der Waals surface area contributed by atoms with Crippen LogP contribution in [-0.4, -0.2) is 31.3 Å². The van der Waals surface area contributed by atoms with Gasteiger partial charge in [-0.05, 0) is 97.2 Å². The van der Waals surface area contributed by atoms with Gasteiger partial charge in [-0.3, -0.25) is 4.79 Å². The van der Waals surface area contributed by atoms with E-state index in [1.165, 1.54) is 17.4 Å². The summed E-state index contributed by atoms with van der Waals surface area (Å²) in [5, 5.41) is 0. The molecule has 46 heavy (non-hydrogen) atoms. The molecular weight excluding hydrogens is 570 g/mol. The predicted octanol–water partition coefficient (Wildman–Crippen LogP) is 8.76. The van der Waals surface area contributed by atoms with Crippen molar-refractivity contribution in [1.82, 2.24) is 4.90 Å². The number of ether oxygens (including phenoxy) is 2. The minimum absolute atomic E-state index is 0.0114. The van der Waals surface area contributed by atoms with Crippen molar-refractivity contribution in [3.05, 3.63) is 88.7 Å². The van der Waals surface area contributed by atoms with Crippen LogP contribution in [0.15, 0.2) is 77.5 Å². The van der Waals surface area contributed by atoms with Crippen molar-refractivity contribution in [2.45, 2.75) is 67.3 Å². The summed E-state index contributed by atoms with van der Waals surface area (Å²) in [6.45, 7) is 14.2. The van der Waals surface area contributed by atoms with Crippen LogP contribution in [0, 0.1) is 52.3 Å². The molecule has 1 amide bonds. The molecule has 3 aliphatic carbocycles. The van der Waals surface area contributed by atoms with Crippen LogP contribution in [0.25, 0.3) is 6.08 Å². The summed E-state index contributed by atoms with van der Waals surface area (Å²) >= 11 is 0. The summed E-state index contributed by atoms with van der Waals surface area (Å²) in [6.07, 6.45) is 11.7. The Morgan fingerprint density at radius 3 is 2.11 bits per heavy atom. The van der Waals surface area contributed by atoms with Crippen molar-refractivity contribution in [3.63, 3.8) is 0 Å². The summed E-state index contributed by atoms with van der Waals surface area (Å²) in [5.74, 6) is 2.43. The van der Waals surface area contributed by atoms with Gasteiger partial charge in [0.1, 0.15) is 17.8 Å². The molecule has 4 aliphatic rings. The maximum absolute atomic E-state index is 15.1. The monoisotopic (exact) mass is 621 g/mol. The van der Waals surface area contributed by atoms with Gasteiger partial charge in [-0.15, -0.1) is 0 Å². The van der Waals surface area contributed by atoms with Crippen LogP contribution in [0.1, 0.15) is 71.9 Å². The summed E-state index contributed by atoms with van der Waals surface area (Å²) in [4.78, 5) is 30.3. The van der Waals surface area contributed by atoms with Crippen molar-refractivity contribution >= 4 is 18.3 Å². The molecular formula is C41H51NO4. The number of carbonyl (C=O) groups is 2. The van der Waals surface area contributed by atoms with Gasteiger partial charge in [0.05, 0.1) is 26.7 Å². The molecule has 244 valence electrons. The van der Waals surface area contributed by atoms with Crippen LogP contribution in [0.2, 0.25) is 0 Å². The van der Waals surface area contributed by atoms with Gasteiger partial charge in [-0.2, -0.15) is 0 Å². The van der Waals surface area contributed by atoms with Gasteiger partial charge >= 0.3 is 0 Å². The molecule has 6 rings (SSSR count). The van der Waals surface area contributed by atoms with E-state index in [1.54, 1.807) is 14.2 Å². The van der Waals surface area contributed by atoms with Crippen LogP contribution < -0.4 is 9.47 Å². The lowest BCUT2D eigenvalue weighted by atomic mass is 9.46. The lowest BCUT2D eigenvalue weighted by Gasteiger charge is -2.56. The average Bonchev–Trinajstić information content (AvgIpc) is 3.30. The molecule has 0 radical (unpaired) electrons. The lowest BCUT2D eigenvalue weighted by molar-refractivity contribution is -0.138. The molecule has 0 aromatic heterocycles. The molecule has 2 fully saturated rings. The maximum atomic E-state index is 15.1. The number of methoxy groups -OCH3 is 2. The second-order valence-corrected chi connectivity index (χ2v) is 15.2. The van der Waals surface area contributed by atoms with Gasteiger partial charge in [-0.25, -0.2) is 0 Å². The fourth-order valence-corrected chi connectivity index (χ4v) is 10.2. The van der Waals surface area contributed by atoms with Gasteiger partial charge in [0.25, 0.3) is 0 Å². The van der Waals surface area contributed by atoms with Crippen LogP contribution >= 0.6 is 0 Å². The number of allylic oxidation sites excluding steroid dienone is 5. The van der Waals surface area contributed by atoms with Gasteiger partial charge in [0, 0.05) is 22.9 Å². The van der Waals surface area contributed by atoms with Crippen molar-refractivity contribution in [1.29, 1.82) is 0 Å². The second kappa shape index (κ2) is 12.2. The van der Waals surface area contributed by atoms with E-state index in [0.29, 0.717) is 18.4 Å². The Bertz CT molecular complexity index is 1570. The number of aldehydes is 1. The van der Waals surface area contributed by atoms with E-state index in [0.717, 1.165) is 47.6 Å². The Morgan fingerprint density at radius 1 is 0.870 bits per heavy atom. The lowest BCUT2D eigenvalue weighted by Crippen LogP contribution is -2.53. The number of benzene rings is 2. The Balaban J connectivity index is 1.49. The molecule has 5 heteroatoms. The van der Waals surface area contributed by atoms with Gasteiger partial charge < -0.3 is 19.2 Å². The topological polar surface area (TPSA) is 55.8 Å². The average molecular weight is 622 g/mol. The molecule has 0 spiro atoms. The number of hydrogen-bond acceptors (Lipinski definition) is 4. The number of hydrogen-bond donors (Lipinski definition) is 0. The smallest absolute Gasteiger partial charge is 0.231 e. The molecule has 1 saturated carbocycles. The van der Waals surface area contributed by atoms with Crippen molar-refractivity contribution < 1.29 is 19.1 Å². The largest absolute Gasteiger partial charge is 0.497 e. The Morgan fingerprint density at radius 2 is 1.50 bits per heavy atom. The zero-order chi connectivity index (χ0) is 33.0. The van der Waals surface area contributed by atoms with Crippen LogP contribution in [-0.2, 0) is 16.1 Å². The third kappa shape index (κ3) is 5.34. The molecule has 0 bridgehead atoms. The fraction of sp³-hybridized carbons (Fsp3) is 0.512. The Kier molecular flexibility index (Phi) is 8.58. The normalized spacial score (nSPS) is 36.4. The highest BCUT2D eigenvalue weighted by atomic mass is 16.5. The minimum atomic E-state index is -0.511. The number of rotatable bonds is 7. The van der Waals surface area contributed by atoms with E-state index in [2.05, 4.69) is 71.9 Å². The molecule has 2 aromatic carbocycles. The molecule has 1 heterocycles. The highest BCUT2D eigenvalue weighted by Gasteiger charge is 2.62. The minimum Gasteiger partial charge on any atom is -0.497 e. The quantitative estimate of drug-likeness (QED) is 0.229. The maximum Gasteiger partial charge on any atom is 0.231 e. The predicted molar refractivity (Wildman–Crippen MR) is 184 cm³/mol. The van der Waals surface area contributed by atoms with Gasteiger partial charge in [0.15, 0.2) is 0 Å². The van der Waals surface area contributed by atoms with Gasteiger partial charge in [0.2, 0.25) is 5.91 Å². The molecule has 1 saturated heterocycles. The van der Waals surface area contributed by atoms with Crippen molar-refractivity contribution in [2.75, 3.05) is 14.2 Å². The number of fused-ring (bicyclic) bond motifs is 2. The van der Waals surface area contributed by atoms with Crippen LogP contribution in [0.3, 0.4) is 0 Å². The highest BCUT2D eigenvalue weighted by Crippen LogP contribution is 2.64. The summed E-state index contributed by atoms with van der Waals surface area (Å²) in [6, 6.07) is 16.1. The number of nitrogens with zero attached hydrogens (tertiary/aromatic N) is 1. The van der Waals surface area contributed by atoms with E-state index in [4.69, 9.17) is 9.47 Å². The highest BCUT2D eigenvalue weighted by molar-refractivity contribution is 5.88. The SMILES string of the molecule is COc1ccc(/C=C2\[C@H]3[C@@H](C(=O)N2Cc2ccc(OC)cc2)[C@](C)([C@H]2C(C)=C[C@@]4(C)C[C@@H](C)CC[C@@H]4[C@H]2C=O)C=C(C)[C@@H]3C)cc1. The molecule has 9 atom stereocenters. The van der Waals surface area contributed by atoms with Crippen LogP contribution in [0.5, 0.6) is 11.5 Å². The first-order valence-corrected chi connectivity index (χ1v) is 17.1. The van der Waals surface area contributed by atoms with E-state index >= 15 is 4.79 Å². The van der Waals surface area contributed by atoms with E-state index < -0.39 is 5.41 Å². The molecule has 2 aromatic rings. The molecule has 0 N–H and O–H groups in total. The first kappa shape index (κ1) is 32.3. The van der Waals surface area contributed by atoms with Crippen LogP contribution in [0.4, 0.5) is 0 Å². The Labute approximate surface area is 275 Å². The fourth-order valence-electron chi connectivity index (χ4n) is 10.2. The number of carbonyl (C=O) groups excluding carboxylic acids is 2. The first-order chi connectivity index (χ1) is 21.9. The van der Waals surface area contributed by atoms with E-state index in [-0.39, 0.29) is 40.9 Å². The zero-order valence-electron chi connectivity index (χ0n) is 28.9. The standard InChI is InChI=1S/C41H51NO4/c1-25-9-18-34-33(24-43)37(27(3)21-40(34,5)20-25)41(6)22-26(2)28(4)36-35(19-29-10-14-31(45-7)15-11-29)42(39(44)38(36)41)23-30-12-16-32(46-8)17-13-30/h10-17,19,21-22,24-25,28,33-34,36-38H,9,18,20,23H2,1-8H3/b35-19+/t25-,28-,33+,34+,36-,37-,38-,40+,41-/m0/s1. The summed E-state index contributed by atoms with van der Waals surface area (Å²) in [7, 11) is 3.34. The third-order valence-corrected chi connectivity index (χ3v) is 12.3. The Hall–Kier alpha value is -3.60. The molecule has 0 unspecified atom stereocenters. The number of likely N-dealkylation sites (tertiary alicyclic amines) is 1.